The zero-order chi connectivity index (χ0) is 31.3. The highest BCUT2D eigenvalue weighted by molar-refractivity contribution is 5.77. The fraction of sp³-hybridized carbons (Fsp3) is 0.562. The number of nitrogens with zero attached hydrogens (tertiary/aromatic N) is 3. The van der Waals surface area contributed by atoms with E-state index in [1.807, 2.05) is 75.4 Å². The molecule has 0 aromatic heterocycles. The Balaban J connectivity index is 1.02. The number of anilines is 1. The highest BCUT2D eigenvalue weighted by atomic mass is 16.9. The van der Waals surface area contributed by atoms with Gasteiger partial charge in [-0.1, -0.05) is 18.2 Å². The van der Waals surface area contributed by atoms with Crippen molar-refractivity contribution in [3.8, 4) is 0 Å². The molecular formula is C32H41N3O9. The molecule has 3 fully saturated rings. The lowest BCUT2D eigenvalue weighted by Gasteiger charge is -2.36. The lowest BCUT2D eigenvalue weighted by molar-refractivity contribution is -0.242. The summed E-state index contributed by atoms with van der Waals surface area (Å²) in [6.45, 7) is 10.6. The Morgan fingerprint density at radius 2 is 1.36 bits per heavy atom. The Labute approximate surface area is 257 Å². The minimum atomic E-state index is -0.846. The number of esters is 2. The Bertz CT molecular complexity index is 1300. The van der Waals surface area contributed by atoms with Crippen molar-refractivity contribution in [2.45, 2.75) is 89.7 Å². The largest absolute Gasteiger partial charge is 0.464 e. The third-order valence-corrected chi connectivity index (χ3v) is 7.45. The minimum absolute atomic E-state index is 0.0701. The van der Waals surface area contributed by atoms with Gasteiger partial charge in [-0.25, -0.2) is 0 Å². The van der Waals surface area contributed by atoms with Crippen LogP contribution in [0, 0.1) is 0 Å². The first-order valence-corrected chi connectivity index (χ1v) is 15.0. The Hall–Kier alpha value is -3.42. The quantitative estimate of drug-likeness (QED) is 0.234. The Kier molecular flexibility index (Phi) is 9.96. The summed E-state index contributed by atoms with van der Waals surface area (Å²) in [5, 5.41) is 8.50. The molecule has 5 rings (SSSR count). The van der Waals surface area contributed by atoms with Crippen molar-refractivity contribution in [2.24, 2.45) is 10.2 Å². The van der Waals surface area contributed by atoms with E-state index in [2.05, 4.69) is 15.1 Å². The van der Waals surface area contributed by atoms with E-state index in [1.165, 1.54) is 0 Å². The molecule has 0 bridgehead atoms. The van der Waals surface area contributed by atoms with Crippen LogP contribution in [0.4, 0.5) is 17.1 Å². The summed E-state index contributed by atoms with van der Waals surface area (Å²) in [6, 6.07) is 17.2. The first kappa shape index (κ1) is 32.0. The van der Waals surface area contributed by atoms with Gasteiger partial charge in [-0.2, -0.15) is 10.2 Å². The van der Waals surface area contributed by atoms with Gasteiger partial charge in [-0.05, 0) is 71.0 Å². The topological polar surface area (TPSA) is 127 Å². The second-order valence-electron chi connectivity index (χ2n) is 11.7. The number of carbonyl (C=O) groups is 2. The van der Waals surface area contributed by atoms with Crippen LogP contribution in [0.3, 0.4) is 0 Å². The fourth-order valence-corrected chi connectivity index (χ4v) is 5.43. The average Bonchev–Trinajstić information content (AvgIpc) is 3.50. The molecule has 0 N–H and O–H groups in total. The van der Waals surface area contributed by atoms with Crippen molar-refractivity contribution in [2.75, 3.05) is 31.2 Å². The molecule has 0 radical (unpaired) electrons. The zero-order valence-corrected chi connectivity index (χ0v) is 25.8. The van der Waals surface area contributed by atoms with E-state index in [1.54, 1.807) is 13.8 Å². The van der Waals surface area contributed by atoms with Crippen LogP contribution in [-0.4, -0.2) is 80.5 Å². The predicted molar refractivity (Wildman–Crippen MR) is 159 cm³/mol. The summed E-state index contributed by atoms with van der Waals surface area (Å²) in [7, 11) is 0. The van der Waals surface area contributed by atoms with Crippen molar-refractivity contribution < 1.29 is 42.7 Å². The maximum absolute atomic E-state index is 12.5. The highest BCUT2D eigenvalue weighted by Crippen LogP contribution is 2.44. The SMILES string of the molecule is CCN(CCOC(=O)CCC(=O)OC[C@H]1O[C@@H]2OC(C)(C)O[C@@H]2[C@H]2OC(C)(C)O[C@H]21)c1ccc(N=Nc2ccccc2)cc1. The van der Waals surface area contributed by atoms with Crippen molar-refractivity contribution in [1.82, 2.24) is 0 Å². The van der Waals surface area contributed by atoms with Gasteiger partial charge in [0.2, 0.25) is 0 Å². The molecule has 12 heteroatoms. The van der Waals surface area contributed by atoms with Crippen LogP contribution < -0.4 is 4.90 Å². The Morgan fingerprint density at radius 3 is 2.05 bits per heavy atom. The van der Waals surface area contributed by atoms with Crippen LogP contribution in [0.15, 0.2) is 64.8 Å². The molecule has 3 aliphatic rings. The van der Waals surface area contributed by atoms with Crippen molar-refractivity contribution in [3.05, 3.63) is 54.6 Å². The smallest absolute Gasteiger partial charge is 0.306 e. The molecule has 238 valence electrons. The highest BCUT2D eigenvalue weighted by Gasteiger charge is 2.60. The van der Waals surface area contributed by atoms with Gasteiger partial charge in [-0.3, -0.25) is 9.59 Å². The number of ether oxygens (including phenoxy) is 7. The molecule has 3 saturated heterocycles. The van der Waals surface area contributed by atoms with E-state index in [0.717, 1.165) is 23.6 Å². The molecular weight excluding hydrogens is 570 g/mol. The first-order valence-electron chi connectivity index (χ1n) is 15.0. The molecule has 0 aliphatic carbocycles. The number of carbonyl (C=O) groups excluding carboxylic acids is 2. The summed E-state index contributed by atoms with van der Waals surface area (Å²) in [5.74, 6) is -2.69. The monoisotopic (exact) mass is 611 g/mol. The van der Waals surface area contributed by atoms with Gasteiger partial charge < -0.3 is 38.1 Å². The molecule has 0 unspecified atom stereocenters. The number of azo groups is 1. The molecule has 44 heavy (non-hydrogen) atoms. The van der Waals surface area contributed by atoms with Gasteiger partial charge in [0.15, 0.2) is 17.9 Å². The summed E-state index contributed by atoms with van der Waals surface area (Å²) >= 11 is 0. The van der Waals surface area contributed by atoms with Crippen molar-refractivity contribution in [3.63, 3.8) is 0 Å². The molecule has 12 nitrogen and oxygen atoms in total. The average molecular weight is 612 g/mol. The molecule has 5 atom stereocenters. The fourth-order valence-electron chi connectivity index (χ4n) is 5.43. The standard InChI is InChI=1S/C32H41N3O9/c1-6-35(23-14-12-22(13-15-23)34-33-21-10-8-7-9-11-21)18-19-38-25(36)16-17-26(37)39-20-24-27-28(42-31(2,3)41-27)29-30(40-24)44-32(4,5)43-29/h7-15,24,27-30H,6,16-20H2,1-5H3/t24-,27+,28+,29-,30-/m1/s1. The number of fused-ring (bicyclic) bond motifs is 3. The third-order valence-electron chi connectivity index (χ3n) is 7.45. The van der Waals surface area contributed by atoms with Gasteiger partial charge in [0, 0.05) is 12.2 Å². The van der Waals surface area contributed by atoms with E-state index in [0.29, 0.717) is 6.54 Å². The first-order chi connectivity index (χ1) is 21.0. The maximum atomic E-state index is 12.5. The molecule has 3 aliphatic heterocycles. The normalized spacial score (nSPS) is 26.6. The van der Waals surface area contributed by atoms with Crippen LogP contribution in [0.5, 0.6) is 0 Å². The van der Waals surface area contributed by atoms with Crippen molar-refractivity contribution in [1.29, 1.82) is 0 Å². The molecule has 2 aromatic rings. The van der Waals surface area contributed by atoms with Crippen LogP contribution in [-0.2, 0) is 42.7 Å². The summed E-state index contributed by atoms with van der Waals surface area (Å²) in [6.07, 6.45) is -2.89. The number of rotatable bonds is 12. The molecule has 3 heterocycles. The number of benzene rings is 2. The number of hydrogen-bond acceptors (Lipinski definition) is 12. The molecule has 2 aromatic carbocycles. The van der Waals surface area contributed by atoms with Gasteiger partial charge in [0.25, 0.3) is 0 Å². The Morgan fingerprint density at radius 1 is 0.773 bits per heavy atom. The lowest BCUT2D eigenvalue weighted by atomic mass is 9.99. The van der Waals surface area contributed by atoms with Crippen LogP contribution >= 0.6 is 0 Å². The van der Waals surface area contributed by atoms with E-state index in [-0.39, 0.29) is 26.1 Å². The van der Waals surface area contributed by atoms with E-state index < -0.39 is 54.2 Å². The maximum Gasteiger partial charge on any atom is 0.306 e. The van der Waals surface area contributed by atoms with E-state index in [4.69, 9.17) is 33.2 Å². The van der Waals surface area contributed by atoms with Gasteiger partial charge in [-0.15, -0.1) is 0 Å². The van der Waals surface area contributed by atoms with Crippen LogP contribution in [0.25, 0.3) is 0 Å². The summed E-state index contributed by atoms with van der Waals surface area (Å²) < 4.78 is 40.9. The molecule has 0 spiro atoms. The van der Waals surface area contributed by atoms with Gasteiger partial charge in [0.1, 0.15) is 37.6 Å². The molecule has 0 saturated carbocycles. The van der Waals surface area contributed by atoms with E-state index in [9.17, 15) is 9.59 Å². The number of hydrogen-bond donors (Lipinski definition) is 0. The van der Waals surface area contributed by atoms with Crippen LogP contribution in [0.2, 0.25) is 0 Å². The van der Waals surface area contributed by atoms with E-state index >= 15 is 0 Å². The summed E-state index contributed by atoms with van der Waals surface area (Å²) in [4.78, 5) is 26.9. The molecule has 0 amide bonds. The second-order valence-corrected chi connectivity index (χ2v) is 11.7. The number of likely N-dealkylation sites (N-methyl/N-ethyl adjacent to an activating group) is 1. The predicted octanol–water partition coefficient (Wildman–Crippen LogP) is 5.19. The zero-order valence-electron chi connectivity index (χ0n) is 25.8. The third kappa shape index (κ3) is 8.19. The van der Waals surface area contributed by atoms with Gasteiger partial charge >= 0.3 is 11.9 Å². The summed E-state index contributed by atoms with van der Waals surface area (Å²) in [5.41, 5.74) is 2.50. The second kappa shape index (κ2) is 13.7. The lowest BCUT2D eigenvalue weighted by Crippen LogP contribution is -2.56. The minimum Gasteiger partial charge on any atom is -0.464 e. The van der Waals surface area contributed by atoms with Gasteiger partial charge in [0.05, 0.1) is 30.8 Å². The van der Waals surface area contributed by atoms with Crippen molar-refractivity contribution >= 4 is 29.0 Å². The van der Waals surface area contributed by atoms with Crippen LogP contribution in [0.1, 0.15) is 47.5 Å².